The lowest BCUT2D eigenvalue weighted by molar-refractivity contribution is -0.136. The number of amides is 4. The molecule has 0 radical (unpaired) electrons. The molecule has 3 N–H and O–H groups in total. The van der Waals surface area contributed by atoms with Crippen LogP contribution >= 0.6 is 0 Å². The number of ether oxygens (including phenoxy) is 1. The largest absolute Gasteiger partial charge is 0.380 e. The molecule has 2 aliphatic heterocycles. The van der Waals surface area contributed by atoms with Crippen LogP contribution in [0.3, 0.4) is 0 Å². The molecule has 1 aromatic heterocycles. The van der Waals surface area contributed by atoms with Crippen LogP contribution in [-0.4, -0.2) is 46.7 Å². The Balaban J connectivity index is 1.50. The summed E-state index contributed by atoms with van der Waals surface area (Å²) in [7, 11) is 1.56. The number of aromatic amines is 1. The molecule has 4 rings (SSSR count). The van der Waals surface area contributed by atoms with Crippen molar-refractivity contribution in [1.29, 1.82) is 0 Å². The van der Waals surface area contributed by atoms with Gasteiger partial charge in [0.15, 0.2) is 0 Å². The average Bonchev–Trinajstić information content (AvgIpc) is 3.27. The van der Waals surface area contributed by atoms with E-state index in [9.17, 15) is 19.2 Å². The van der Waals surface area contributed by atoms with Gasteiger partial charge in [-0.3, -0.25) is 24.5 Å². The number of benzene rings is 1. The highest BCUT2D eigenvalue weighted by atomic mass is 16.5. The van der Waals surface area contributed by atoms with Gasteiger partial charge in [0.2, 0.25) is 11.8 Å². The van der Waals surface area contributed by atoms with E-state index in [0.717, 1.165) is 11.1 Å². The zero-order valence-corrected chi connectivity index (χ0v) is 15.8. The first-order chi connectivity index (χ1) is 14.0. The van der Waals surface area contributed by atoms with E-state index in [2.05, 4.69) is 15.6 Å². The highest BCUT2D eigenvalue weighted by Crippen LogP contribution is 2.29. The lowest BCUT2D eigenvalue weighted by Gasteiger charge is -2.29. The molecule has 0 spiro atoms. The van der Waals surface area contributed by atoms with E-state index in [-0.39, 0.29) is 30.7 Å². The van der Waals surface area contributed by atoms with Gasteiger partial charge in [0, 0.05) is 43.1 Å². The summed E-state index contributed by atoms with van der Waals surface area (Å²) >= 11 is 0. The van der Waals surface area contributed by atoms with Crippen LogP contribution in [0.15, 0.2) is 30.5 Å². The summed E-state index contributed by atoms with van der Waals surface area (Å²) < 4.78 is 5.09. The Bertz CT molecular complexity index is 1010. The third-order valence-electron chi connectivity index (χ3n) is 5.14. The van der Waals surface area contributed by atoms with Crippen LogP contribution in [0.1, 0.15) is 44.8 Å². The fourth-order valence-corrected chi connectivity index (χ4v) is 3.73. The van der Waals surface area contributed by atoms with Gasteiger partial charge in [0.1, 0.15) is 11.7 Å². The number of nitrogens with one attached hydrogen (secondary N) is 3. The van der Waals surface area contributed by atoms with Crippen molar-refractivity contribution in [2.24, 2.45) is 0 Å². The van der Waals surface area contributed by atoms with Crippen LogP contribution in [0.2, 0.25) is 0 Å². The lowest BCUT2D eigenvalue weighted by atomic mass is 10.0. The maximum absolute atomic E-state index is 12.7. The molecule has 0 bridgehead atoms. The van der Waals surface area contributed by atoms with E-state index < -0.39 is 11.9 Å². The van der Waals surface area contributed by atoms with Crippen molar-refractivity contribution in [1.82, 2.24) is 15.2 Å². The Morgan fingerprint density at radius 1 is 1.28 bits per heavy atom. The molecule has 9 nitrogen and oxygen atoms in total. The van der Waals surface area contributed by atoms with Gasteiger partial charge in [0.25, 0.3) is 11.8 Å². The van der Waals surface area contributed by atoms with Gasteiger partial charge in [-0.1, -0.05) is 0 Å². The van der Waals surface area contributed by atoms with E-state index in [1.807, 2.05) is 0 Å². The number of hydrogen-bond donors (Lipinski definition) is 3. The van der Waals surface area contributed by atoms with Crippen LogP contribution in [0.25, 0.3) is 0 Å². The molecule has 1 fully saturated rings. The quantitative estimate of drug-likeness (QED) is 0.656. The van der Waals surface area contributed by atoms with Gasteiger partial charge in [-0.05, 0) is 36.2 Å². The van der Waals surface area contributed by atoms with Gasteiger partial charge in [-0.15, -0.1) is 0 Å². The summed E-state index contributed by atoms with van der Waals surface area (Å²) in [5.41, 5.74) is 2.91. The van der Waals surface area contributed by atoms with Crippen LogP contribution in [0.5, 0.6) is 0 Å². The number of carbonyl (C=O) groups excluding carboxylic acids is 4. The first-order valence-corrected chi connectivity index (χ1v) is 9.22. The summed E-state index contributed by atoms with van der Waals surface area (Å²) in [5.74, 6) is -1.33. The number of imide groups is 1. The second-order valence-corrected chi connectivity index (χ2v) is 7.04. The van der Waals surface area contributed by atoms with Crippen LogP contribution in [0.4, 0.5) is 5.69 Å². The van der Waals surface area contributed by atoms with Crippen molar-refractivity contribution in [3.63, 3.8) is 0 Å². The number of anilines is 1. The number of methoxy groups -OCH3 is 1. The molecule has 1 atom stereocenters. The summed E-state index contributed by atoms with van der Waals surface area (Å²) in [6.45, 7) is 0.563. The van der Waals surface area contributed by atoms with Crippen molar-refractivity contribution in [3.8, 4) is 0 Å². The summed E-state index contributed by atoms with van der Waals surface area (Å²) in [5, 5.41) is 5.10. The van der Waals surface area contributed by atoms with E-state index >= 15 is 0 Å². The normalized spacial score (nSPS) is 18.6. The standard InChI is InChI=1S/C20H20N4O5/c1-29-10-11-6-7-21-17(11)19(27)22-13-2-3-14-12(8-13)9-24(20(14)28)15-4-5-16(25)23-18(15)26/h2-3,6-8,15,21H,4-5,9-10H2,1H3,(H,22,27)(H,23,25,26). The van der Waals surface area contributed by atoms with Crippen LogP contribution in [0, 0.1) is 0 Å². The zero-order chi connectivity index (χ0) is 20.5. The summed E-state index contributed by atoms with van der Waals surface area (Å²) in [6.07, 6.45) is 2.18. The molecular formula is C20H20N4O5. The predicted octanol–water partition coefficient (Wildman–Crippen LogP) is 1.17. The number of fused-ring (bicyclic) bond motifs is 1. The van der Waals surface area contributed by atoms with E-state index in [1.165, 1.54) is 4.90 Å². The molecule has 29 heavy (non-hydrogen) atoms. The molecule has 0 aliphatic carbocycles. The van der Waals surface area contributed by atoms with Gasteiger partial charge in [-0.25, -0.2) is 0 Å². The molecule has 3 heterocycles. The minimum absolute atomic E-state index is 0.206. The number of nitrogens with zero attached hydrogens (tertiary/aromatic N) is 1. The third kappa shape index (κ3) is 3.52. The number of hydrogen-bond acceptors (Lipinski definition) is 5. The molecule has 2 aromatic rings. The minimum Gasteiger partial charge on any atom is -0.380 e. The van der Waals surface area contributed by atoms with Gasteiger partial charge >= 0.3 is 0 Å². The number of carbonyl (C=O) groups is 4. The minimum atomic E-state index is -0.666. The van der Waals surface area contributed by atoms with Crippen molar-refractivity contribution >= 4 is 29.3 Å². The first kappa shape index (κ1) is 18.9. The van der Waals surface area contributed by atoms with Crippen molar-refractivity contribution in [2.45, 2.75) is 32.0 Å². The Hall–Kier alpha value is -3.46. The molecule has 4 amide bonds. The van der Waals surface area contributed by atoms with Crippen molar-refractivity contribution in [3.05, 3.63) is 52.8 Å². The lowest BCUT2D eigenvalue weighted by Crippen LogP contribution is -2.52. The highest BCUT2D eigenvalue weighted by Gasteiger charge is 2.39. The SMILES string of the molecule is COCc1cc[nH]c1C(=O)Nc1ccc2c(c1)CN(C1CCC(=O)NC1=O)C2=O. The molecular weight excluding hydrogens is 376 g/mol. The molecule has 1 unspecified atom stereocenters. The van der Waals surface area contributed by atoms with E-state index in [0.29, 0.717) is 30.0 Å². The molecule has 0 saturated carbocycles. The predicted molar refractivity (Wildman–Crippen MR) is 102 cm³/mol. The second-order valence-electron chi connectivity index (χ2n) is 7.04. The zero-order valence-electron chi connectivity index (χ0n) is 15.8. The summed E-state index contributed by atoms with van der Waals surface area (Å²) in [6, 6.07) is 6.14. The Morgan fingerprint density at radius 3 is 2.86 bits per heavy atom. The van der Waals surface area contributed by atoms with Gasteiger partial charge in [0.05, 0.1) is 6.61 Å². The number of piperidine rings is 1. The highest BCUT2D eigenvalue weighted by molar-refractivity contribution is 6.07. The smallest absolute Gasteiger partial charge is 0.272 e. The fourth-order valence-electron chi connectivity index (χ4n) is 3.73. The summed E-state index contributed by atoms with van der Waals surface area (Å²) in [4.78, 5) is 53.1. The molecule has 9 heteroatoms. The maximum Gasteiger partial charge on any atom is 0.272 e. The van der Waals surface area contributed by atoms with Crippen molar-refractivity contribution in [2.75, 3.05) is 12.4 Å². The number of H-pyrrole nitrogens is 1. The topological polar surface area (TPSA) is 121 Å². The Kier molecular flexibility index (Phi) is 4.89. The first-order valence-electron chi connectivity index (χ1n) is 9.22. The van der Waals surface area contributed by atoms with Gasteiger partial charge in [-0.2, -0.15) is 0 Å². The number of rotatable bonds is 5. The van der Waals surface area contributed by atoms with Gasteiger partial charge < -0.3 is 19.9 Å². The van der Waals surface area contributed by atoms with E-state index in [4.69, 9.17) is 4.74 Å². The Labute approximate surface area is 166 Å². The molecule has 1 saturated heterocycles. The van der Waals surface area contributed by atoms with Crippen LogP contribution < -0.4 is 10.6 Å². The third-order valence-corrected chi connectivity index (χ3v) is 5.14. The maximum atomic E-state index is 12.7. The molecule has 1 aromatic carbocycles. The average molecular weight is 396 g/mol. The fraction of sp³-hybridized carbons (Fsp3) is 0.300. The van der Waals surface area contributed by atoms with Crippen LogP contribution in [-0.2, 0) is 27.5 Å². The van der Waals surface area contributed by atoms with E-state index in [1.54, 1.807) is 37.6 Å². The molecule has 2 aliphatic rings. The Morgan fingerprint density at radius 2 is 2.10 bits per heavy atom. The number of aromatic nitrogens is 1. The second kappa shape index (κ2) is 7.51. The molecule has 150 valence electrons. The van der Waals surface area contributed by atoms with Crippen molar-refractivity contribution < 1.29 is 23.9 Å². The monoisotopic (exact) mass is 396 g/mol.